The number of anilines is 2. The smallest absolute Gasteiger partial charge is 0.303 e. The van der Waals surface area contributed by atoms with Gasteiger partial charge in [-0.2, -0.15) is 0 Å². The predicted molar refractivity (Wildman–Crippen MR) is 148 cm³/mol. The molecule has 0 bridgehead atoms. The van der Waals surface area contributed by atoms with Gasteiger partial charge in [-0.05, 0) is 35.7 Å². The molecule has 10 heteroatoms. The molecule has 3 heterocycles. The van der Waals surface area contributed by atoms with Gasteiger partial charge in [0.1, 0.15) is 11.9 Å². The lowest BCUT2D eigenvalue weighted by Crippen LogP contribution is -2.46. The molecular weight excluding hydrogens is 496 g/mol. The SMILES string of the molecule is NC(=O)[C@H](CCC(=O)O)N1Cc2cc(-c3cc(N4CCN(Cc5ccccc5)CC4)cc(N)n3)ccc2C1=O. The third kappa shape index (κ3) is 5.85. The molecule has 39 heavy (non-hydrogen) atoms. The number of rotatable bonds is 9. The highest BCUT2D eigenvalue weighted by molar-refractivity contribution is 6.01. The first-order chi connectivity index (χ1) is 18.8. The second-order valence-electron chi connectivity index (χ2n) is 10.0. The molecule has 1 atom stereocenters. The van der Waals surface area contributed by atoms with Crippen LogP contribution in [0.1, 0.15) is 34.3 Å². The van der Waals surface area contributed by atoms with Gasteiger partial charge in [0.25, 0.3) is 5.91 Å². The molecule has 2 aliphatic heterocycles. The lowest BCUT2D eigenvalue weighted by molar-refractivity contribution is -0.137. The van der Waals surface area contributed by atoms with Crippen LogP contribution in [0.5, 0.6) is 0 Å². The number of fused-ring (bicyclic) bond motifs is 1. The minimum Gasteiger partial charge on any atom is -0.481 e. The molecule has 2 amide bonds. The van der Waals surface area contributed by atoms with E-state index in [1.54, 1.807) is 6.07 Å². The molecule has 5 N–H and O–H groups in total. The fourth-order valence-corrected chi connectivity index (χ4v) is 5.34. The number of pyridine rings is 1. The number of aromatic nitrogens is 1. The zero-order valence-corrected chi connectivity index (χ0v) is 21.6. The van der Waals surface area contributed by atoms with Crippen molar-refractivity contribution in [2.24, 2.45) is 5.73 Å². The van der Waals surface area contributed by atoms with E-state index in [4.69, 9.17) is 16.6 Å². The first-order valence-electron chi connectivity index (χ1n) is 13.0. The number of piperazine rings is 1. The maximum atomic E-state index is 13.0. The van der Waals surface area contributed by atoms with Crippen LogP contribution in [0.2, 0.25) is 0 Å². The number of nitrogens with two attached hydrogens (primary N) is 2. The number of nitrogens with zero attached hydrogens (tertiary/aromatic N) is 4. The largest absolute Gasteiger partial charge is 0.481 e. The van der Waals surface area contributed by atoms with Gasteiger partial charge in [-0.15, -0.1) is 0 Å². The fourth-order valence-electron chi connectivity index (χ4n) is 5.34. The Labute approximate surface area is 226 Å². The van der Waals surface area contributed by atoms with Gasteiger partial charge in [0.05, 0.1) is 5.69 Å². The summed E-state index contributed by atoms with van der Waals surface area (Å²) in [5.74, 6) is -1.69. The Morgan fingerprint density at radius 3 is 2.44 bits per heavy atom. The van der Waals surface area contributed by atoms with Crippen molar-refractivity contribution in [1.82, 2.24) is 14.8 Å². The Morgan fingerprint density at radius 1 is 1.00 bits per heavy atom. The Balaban J connectivity index is 1.30. The van der Waals surface area contributed by atoms with Crippen LogP contribution >= 0.6 is 0 Å². The molecule has 0 radical (unpaired) electrons. The summed E-state index contributed by atoms with van der Waals surface area (Å²) in [5, 5.41) is 9.02. The zero-order valence-electron chi connectivity index (χ0n) is 21.6. The normalized spacial score (nSPS) is 16.3. The molecule has 1 fully saturated rings. The second-order valence-corrected chi connectivity index (χ2v) is 10.0. The highest BCUT2D eigenvalue weighted by Gasteiger charge is 2.35. The van der Waals surface area contributed by atoms with E-state index in [1.165, 1.54) is 10.5 Å². The average Bonchev–Trinajstić information content (AvgIpc) is 3.24. The van der Waals surface area contributed by atoms with Crippen LogP contribution in [0.25, 0.3) is 11.3 Å². The summed E-state index contributed by atoms with van der Waals surface area (Å²) in [5.41, 5.74) is 16.7. The fraction of sp³-hybridized carbons (Fsp3) is 0.310. The number of carbonyl (C=O) groups excluding carboxylic acids is 2. The third-order valence-corrected chi connectivity index (χ3v) is 7.39. The number of aliphatic carboxylic acids is 1. The highest BCUT2D eigenvalue weighted by Crippen LogP contribution is 2.32. The van der Waals surface area contributed by atoms with Crippen molar-refractivity contribution in [3.8, 4) is 11.3 Å². The van der Waals surface area contributed by atoms with Crippen molar-refractivity contribution in [2.45, 2.75) is 32.0 Å². The number of hydrogen-bond donors (Lipinski definition) is 3. The summed E-state index contributed by atoms with van der Waals surface area (Å²) in [7, 11) is 0. The summed E-state index contributed by atoms with van der Waals surface area (Å²) in [6.07, 6.45) is -0.286. The molecule has 3 aromatic rings. The maximum Gasteiger partial charge on any atom is 0.303 e. The van der Waals surface area contributed by atoms with Gasteiger partial charge in [0.15, 0.2) is 0 Å². The molecule has 2 aliphatic rings. The molecule has 2 aromatic carbocycles. The third-order valence-electron chi connectivity index (χ3n) is 7.39. The predicted octanol–water partition coefficient (Wildman–Crippen LogP) is 2.33. The van der Waals surface area contributed by atoms with Gasteiger partial charge in [0.2, 0.25) is 5.91 Å². The summed E-state index contributed by atoms with van der Waals surface area (Å²) in [6.45, 7) is 4.71. The zero-order chi connectivity index (χ0) is 27.5. The minimum atomic E-state index is -1.05. The van der Waals surface area contributed by atoms with Crippen LogP contribution in [0.4, 0.5) is 11.5 Å². The van der Waals surface area contributed by atoms with Gasteiger partial charge < -0.3 is 26.4 Å². The van der Waals surface area contributed by atoms with Gasteiger partial charge in [-0.25, -0.2) is 4.98 Å². The molecular formula is C29H32N6O4. The number of nitrogen functional groups attached to an aromatic ring is 1. The molecule has 0 aliphatic carbocycles. The van der Waals surface area contributed by atoms with Crippen molar-refractivity contribution in [3.05, 3.63) is 77.4 Å². The monoisotopic (exact) mass is 528 g/mol. The molecule has 1 aromatic heterocycles. The van der Waals surface area contributed by atoms with Crippen molar-refractivity contribution in [2.75, 3.05) is 36.8 Å². The van der Waals surface area contributed by atoms with Crippen molar-refractivity contribution in [3.63, 3.8) is 0 Å². The topological polar surface area (TPSA) is 146 Å². The van der Waals surface area contributed by atoms with Crippen molar-refractivity contribution in [1.29, 1.82) is 0 Å². The Morgan fingerprint density at radius 2 is 1.74 bits per heavy atom. The molecule has 5 rings (SSSR count). The highest BCUT2D eigenvalue weighted by atomic mass is 16.4. The van der Waals surface area contributed by atoms with E-state index >= 15 is 0 Å². The minimum absolute atomic E-state index is 0.0317. The average molecular weight is 529 g/mol. The van der Waals surface area contributed by atoms with Gasteiger partial charge in [0, 0.05) is 68.6 Å². The maximum absolute atomic E-state index is 13.0. The number of amides is 2. The summed E-state index contributed by atoms with van der Waals surface area (Å²) in [6, 6.07) is 18.8. The van der Waals surface area contributed by atoms with Crippen molar-refractivity contribution >= 4 is 29.3 Å². The molecule has 1 saturated heterocycles. The van der Waals surface area contributed by atoms with E-state index in [1.807, 2.05) is 30.3 Å². The molecule has 0 spiro atoms. The number of primary amides is 1. The molecule has 0 saturated carbocycles. The van der Waals surface area contributed by atoms with E-state index < -0.39 is 17.9 Å². The van der Waals surface area contributed by atoms with Crippen molar-refractivity contribution < 1.29 is 19.5 Å². The molecule has 0 unspecified atom stereocenters. The number of carbonyl (C=O) groups is 3. The van der Waals surface area contributed by atoms with E-state index in [0.29, 0.717) is 17.1 Å². The number of carboxylic acid groups (broad SMARTS) is 1. The van der Waals surface area contributed by atoms with E-state index in [2.05, 4.69) is 39.0 Å². The first-order valence-corrected chi connectivity index (χ1v) is 13.0. The van der Waals surface area contributed by atoms with E-state index in [9.17, 15) is 14.4 Å². The van der Waals surface area contributed by atoms with Gasteiger partial charge in [-0.3, -0.25) is 19.3 Å². The summed E-state index contributed by atoms with van der Waals surface area (Å²) in [4.78, 5) is 46.7. The number of hydrogen-bond acceptors (Lipinski definition) is 7. The standard InChI is InChI=1S/C29H32N6O4/c30-26-16-22(34-12-10-33(11-13-34)17-19-4-2-1-3-5-19)15-24(32-26)20-6-7-23-21(14-20)18-35(29(23)39)25(28(31)38)8-9-27(36)37/h1-7,14-16,25H,8-13,17-18H2,(H2,30,32)(H2,31,38)(H,36,37)/t25-/m0/s1. The first kappa shape index (κ1) is 26.2. The summed E-state index contributed by atoms with van der Waals surface area (Å²) >= 11 is 0. The van der Waals surface area contributed by atoms with Crippen LogP contribution in [0.15, 0.2) is 60.7 Å². The van der Waals surface area contributed by atoms with Crippen LogP contribution in [-0.4, -0.2) is 69.9 Å². The van der Waals surface area contributed by atoms with Crippen LogP contribution in [-0.2, 0) is 22.7 Å². The van der Waals surface area contributed by atoms with Gasteiger partial charge in [-0.1, -0.05) is 36.4 Å². The number of carboxylic acids is 1. The van der Waals surface area contributed by atoms with E-state index in [-0.39, 0.29) is 25.3 Å². The summed E-state index contributed by atoms with van der Waals surface area (Å²) < 4.78 is 0. The Kier molecular flexibility index (Phi) is 7.47. The lowest BCUT2D eigenvalue weighted by Gasteiger charge is -2.36. The van der Waals surface area contributed by atoms with Crippen LogP contribution < -0.4 is 16.4 Å². The molecule has 202 valence electrons. The van der Waals surface area contributed by atoms with Crippen LogP contribution in [0.3, 0.4) is 0 Å². The number of benzene rings is 2. The van der Waals surface area contributed by atoms with E-state index in [0.717, 1.165) is 49.5 Å². The second kappa shape index (κ2) is 11.1. The molecule has 10 nitrogen and oxygen atoms in total. The quantitative estimate of drug-likeness (QED) is 0.384. The van der Waals surface area contributed by atoms with Crippen LogP contribution in [0, 0.1) is 0 Å². The Hall–Kier alpha value is -4.44. The van der Waals surface area contributed by atoms with Gasteiger partial charge >= 0.3 is 5.97 Å². The Bertz CT molecular complexity index is 1390. The lowest BCUT2D eigenvalue weighted by atomic mass is 10.0.